The first-order valence-electron chi connectivity index (χ1n) is 6.13. The van der Waals surface area contributed by atoms with Gasteiger partial charge in [-0.15, -0.1) is 4.21 Å². The summed E-state index contributed by atoms with van der Waals surface area (Å²) >= 11 is 0. The molecule has 0 aliphatic carbocycles. The Kier molecular flexibility index (Phi) is 5.82. The lowest BCUT2D eigenvalue weighted by atomic mass is 10.2. The molecule has 0 bridgehead atoms. The third-order valence-electron chi connectivity index (χ3n) is 2.29. The molecule has 1 aromatic heterocycles. The van der Waals surface area contributed by atoms with Gasteiger partial charge in [-0.2, -0.15) is 0 Å². The summed E-state index contributed by atoms with van der Waals surface area (Å²) in [6, 6.07) is 3.21. The number of hydrogen-bond acceptors (Lipinski definition) is 6. The van der Waals surface area contributed by atoms with E-state index in [1.54, 1.807) is 19.1 Å². The van der Waals surface area contributed by atoms with Gasteiger partial charge in [0, 0.05) is 6.20 Å². The van der Waals surface area contributed by atoms with Crippen LogP contribution < -0.4 is 5.32 Å². The van der Waals surface area contributed by atoms with Crippen LogP contribution in [0.25, 0.3) is 0 Å². The van der Waals surface area contributed by atoms with Crippen molar-refractivity contribution >= 4 is 27.5 Å². The molecule has 7 heteroatoms. The molecule has 0 atom stereocenters. The molecular weight excluding hydrogens is 280 g/mol. The Morgan fingerprint density at radius 1 is 1.40 bits per heavy atom. The number of esters is 1. The quantitative estimate of drug-likeness (QED) is 0.459. The third-order valence-corrected chi connectivity index (χ3v) is 3.25. The first kappa shape index (κ1) is 16.3. The van der Waals surface area contributed by atoms with E-state index in [1.165, 1.54) is 18.7 Å². The fourth-order valence-electron chi connectivity index (χ4n) is 1.53. The van der Waals surface area contributed by atoms with Crippen LogP contribution >= 0.6 is 0 Å². The minimum atomic E-state index is -2.17. The average Bonchev–Trinajstić information content (AvgIpc) is 2.35. The summed E-state index contributed by atoms with van der Waals surface area (Å²) in [4.78, 5) is 27.4. The third kappa shape index (κ3) is 5.48. The predicted molar refractivity (Wildman–Crippen MR) is 78.5 cm³/mol. The van der Waals surface area contributed by atoms with Crippen molar-refractivity contribution in [3.63, 3.8) is 0 Å². The number of Topliss-reactive ketones (excluding diaryl/α,β-unsaturated/α-hetero) is 1. The zero-order valence-corrected chi connectivity index (χ0v) is 12.7. The maximum Gasteiger partial charge on any atom is 0.325 e. The standard InChI is InChI=1S/C13H18N2O4S/c1-4-19-12(17)8-15-13-10(6-5-7-14-13)11(16)9-20(2,3)18/h5-7H,4,8-9H2,1-3H3/p+1. The molecule has 0 fully saturated rings. The Morgan fingerprint density at radius 3 is 2.70 bits per heavy atom. The fourth-order valence-corrected chi connectivity index (χ4v) is 2.32. The van der Waals surface area contributed by atoms with Gasteiger partial charge in [-0.05, 0) is 19.1 Å². The van der Waals surface area contributed by atoms with Gasteiger partial charge in [0.1, 0.15) is 24.9 Å². The number of carbonyl (C=O) groups excluding carboxylic acids is 2. The van der Waals surface area contributed by atoms with E-state index in [2.05, 4.69) is 10.3 Å². The molecule has 1 N–H and O–H groups in total. The molecule has 0 unspecified atom stereocenters. The van der Waals surface area contributed by atoms with Crippen LogP contribution in [0.15, 0.2) is 18.3 Å². The van der Waals surface area contributed by atoms with Crippen molar-refractivity contribution in [2.45, 2.75) is 6.92 Å². The number of nitrogens with zero attached hydrogens (tertiary/aromatic N) is 1. The zero-order valence-electron chi connectivity index (χ0n) is 11.8. The summed E-state index contributed by atoms with van der Waals surface area (Å²) in [7, 11) is -2.17. The molecule has 20 heavy (non-hydrogen) atoms. The van der Waals surface area contributed by atoms with Crippen molar-refractivity contribution in [3.8, 4) is 0 Å². The summed E-state index contributed by atoms with van der Waals surface area (Å²) in [5, 5.41) is 2.77. The van der Waals surface area contributed by atoms with Crippen LogP contribution in [-0.2, 0) is 23.7 Å². The molecule has 110 valence electrons. The van der Waals surface area contributed by atoms with E-state index in [4.69, 9.17) is 4.74 Å². The highest BCUT2D eigenvalue weighted by Crippen LogP contribution is 2.14. The number of anilines is 1. The summed E-state index contributed by atoms with van der Waals surface area (Å²) in [5.74, 6) is -0.438. The number of pyridine rings is 1. The van der Waals surface area contributed by atoms with Crippen LogP contribution in [0.5, 0.6) is 0 Å². The van der Waals surface area contributed by atoms with Crippen molar-refractivity contribution in [1.29, 1.82) is 0 Å². The van der Waals surface area contributed by atoms with Gasteiger partial charge in [-0.25, -0.2) is 4.98 Å². The maximum atomic E-state index is 12.1. The van der Waals surface area contributed by atoms with Crippen LogP contribution in [0.4, 0.5) is 5.82 Å². The highest BCUT2D eigenvalue weighted by atomic mass is 32.2. The Hall–Kier alpha value is -1.76. The second-order valence-corrected chi connectivity index (χ2v) is 7.72. The van der Waals surface area contributed by atoms with Gasteiger partial charge in [-0.3, -0.25) is 9.59 Å². The lowest BCUT2D eigenvalue weighted by Crippen LogP contribution is -2.23. The second-order valence-electron chi connectivity index (χ2n) is 4.56. The van der Waals surface area contributed by atoms with Crippen LogP contribution in [0.2, 0.25) is 0 Å². The minimum absolute atomic E-state index is 0.0488. The topological polar surface area (TPSA) is 85.4 Å². The molecule has 1 aromatic rings. The van der Waals surface area contributed by atoms with Crippen LogP contribution in [0.1, 0.15) is 17.3 Å². The SMILES string of the molecule is CCOC(=O)CNc1ncccc1C(=O)C[S+](C)(C)=O. The smallest absolute Gasteiger partial charge is 0.325 e. The summed E-state index contributed by atoms with van der Waals surface area (Å²) < 4.78 is 16.5. The number of aromatic nitrogens is 1. The molecule has 6 nitrogen and oxygen atoms in total. The first-order chi connectivity index (χ1) is 9.33. The van der Waals surface area contributed by atoms with Crippen molar-refractivity contribution in [3.05, 3.63) is 23.9 Å². The van der Waals surface area contributed by atoms with Crippen LogP contribution in [0, 0.1) is 0 Å². The number of carbonyl (C=O) groups is 2. The number of hydrogen-bond donors (Lipinski definition) is 1. The Bertz CT molecular complexity index is 539. The van der Waals surface area contributed by atoms with Crippen LogP contribution in [0.3, 0.4) is 0 Å². The molecule has 1 heterocycles. The maximum absolute atomic E-state index is 12.1. The summed E-state index contributed by atoms with van der Waals surface area (Å²) in [6.07, 6.45) is 4.58. The average molecular weight is 299 g/mol. The van der Waals surface area contributed by atoms with E-state index >= 15 is 0 Å². The Morgan fingerprint density at radius 2 is 2.10 bits per heavy atom. The van der Waals surface area contributed by atoms with Gasteiger partial charge in [0.05, 0.1) is 22.1 Å². The fraction of sp³-hybridized carbons (Fsp3) is 0.462. The molecule has 0 aromatic carbocycles. The summed E-state index contributed by atoms with van der Waals surface area (Å²) in [6.45, 7) is 1.94. The molecule has 0 amide bonds. The van der Waals surface area contributed by atoms with Crippen molar-refractivity contribution in [2.75, 3.05) is 36.7 Å². The molecular formula is C13H19N2O4S+. The second kappa shape index (κ2) is 7.14. The van der Waals surface area contributed by atoms with Gasteiger partial charge in [0.25, 0.3) is 0 Å². The molecule has 0 aliphatic heterocycles. The molecule has 0 radical (unpaired) electrons. The Labute approximate surface area is 119 Å². The largest absolute Gasteiger partial charge is 0.465 e. The molecule has 0 saturated carbocycles. The van der Waals surface area contributed by atoms with Crippen molar-refractivity contribution < 1.29 is 18.5 Å². The van der Waals surface area contributed by atoms with E-state index in [9.17, 15) is 13.8 Å². The highest BCUT2D eigenvalue weighted by Gasteiger charge is 2.23. The van der Waals surface area contributed by atoms with Crippen molar-refractivity contribution in [1.82, 2.24) is 4.98 Å². The normalized spacial score (nSPS) is 10.9. The molecule has 0 saturated heterocycles. The molecule has 0 spiro atoms. The van der Waals surface area contributed by atoms with E-state index in [-0.39, 0.29) is 18.1 Å². The number of rotatable bonds is 7. The lowest BCUT2D eigenvalue weighted by Gasteiger charge is -2.09. The lowest BCUT2D eigenvalue weighted by molar-refractivity contribution is -0.140. The van der Waals surface area contributed by atoms with Gasteiger partial charge in [0.15, 0.2) is 5.75 Å². The molecule has 0 aliphatic rings. The van der Waals surface area contributed by atoms with E-state index in [1.807, 2.05) is 0 Å². The van der Waals surface area contributed by atoms with Gasteiger partial charge in [-0.1, -0.05) is 0 Å². The number of nitrogens with one attached hydrogen (secondary N) is 1. The number of ketones is 1. The molecule has 1 rings (SSSR count). The Balaban J connectivity index is 2.80. The number of ether oxygens (including phenoxy) is 1. The van der Waals surface area contributed by atoms with Gasteiger partial charge < -0.3 is 10.1 Å². The van der Waals surface area contributed by atoms with E-state index < -0.39 is 15.9 Å². The minimum Gasteiger partial charge on any atom is -0.465 e. The predicted octanol–water partition coefficient (Wildman–Crippen LogP) is 0.998. The monoisotopic (exact) mass is 299 g/mol. The van der Waals surface area contributed by atoms with Crippen molar-refractivity contribution in [2.24, 2.45) is 0 Å². The van der Waals surface area contributed by atoms with Crippen LogP contribution in [-0.4, -0.2) is 48.2 Å². The van der Waals surface area contributed by atoms with E-state index in [0.717, 1.165) is 0 Å². The summed E-state index contributed by atoms with van der Waals surface area (Å²) in [5.41, 5.74) is 0.327. The van der Waals surface area contributed by atoms with Gasteiger partial charge >= 0.3 is 5.97 Å². The highest BCUT2D eigenvalue weighted by molar-refractivity contribution is 8.02. The van der Waals surface area contributed by atoms with E-state index in [0.29, 0.717) is 18.0 Å². The zero-order chi connectivity index (χ0) is 15.2. The first-order valence-corrected chi connectivity index (χ1v) is 8.67. The van der Waals surface area contributed by atoms with Gasteiger partial charge in [0.2, 0.25) is 5.78 Å².